The van der Waals surface area contributed by atoms with Crippen molar-refractivity contribution in [2.24, 2.45) is 5.92 Å². The maximum absolute atomic E-state index is 12.6. The first-order valence-electron chi connectivity index (χ1n) is 10.9. The molecule has 3 aromatic rings. The Kier molecular flexibility index (Phi) is 7.10. The lowest BCUT2D eigenvalue weighted by Crippen LogP contribution is -2.41. The van der Waals surface area contributed by atoms with Crippen LogP contribution < -0.4 is 0 Å². The zero-order chi connectivity index (χ0) is 21.5. The van der Waals surface area contributed by atoms with Crippen LogP contribution in [0.5, 0.6) is 0 Å². The third-order valence-electron chi connectivity index (χ3n) is 5.75. The van der Waals surface area contributed by atoms with Gasteiger partial charge in [0.15, 0.2) is 0 Å². The van der Waals surface area contributed by atoms with Gasteiger partial charge in [-0.3, -0.25) is 4.79 Å². The average molecular weight is 420 g/mol. The topological polar surface area (TPSA) is 68.5 Å². The maximum Gasteiger partial charge on any atom is 0.223 e. The molecule has 0 spiro atoms. The van der Waals surface area contributed by atoms with Crippen LogP contribution in [0.25, 0.3) is 11.1 Å². The first kappa shape index (κ1) is 21.2. The fourth-order valence-corrected chi connectivity index (χ4v) is 4.12. The van der Waals surface area contributed by atoms with Crippen molar-refractivity contribution in [1.82, 2.24) is 15.1 Å². The van der Waals surface area contributed by atoms with Crippen LogP contribution in [0, 0.1) is 5.92 Å². The van der Waals surface area contributed by atoms with Crippen LogP contribution in [0.1, 0.15) is 36.6 Å². The fourth-order valence-electron chi connectivity index (χ4n) is 4.12. The fraction of sp³-hybridized carbons (Fsp3) is 0.400. The molecule has 0 aliphatic carbocycles. The Morgan fingerprint density at radius 1 is 1.06 bits per heavy atom. The van der Waals surface area contributed by atoms with Gasteiger partial charge in [0.2, 0.25) is 17.7 Å². The summed E-state index contributed by atoms with van der Waals surface area (Å²) in [5.74, 6) is 1.69. The van der Waals surface area contributed by atoms with Gasteiger partial charge in [0, 0.05) is 33.0 Å². The molecule has 1 atom stereocenters. The molecule has 0 bridgehead atoms. The minimum Gasteiger partial charge on any atom is -0.425 e. The van der Waals surface area contributed by atoms with Crippen LogP contribution in [0.15, 0.2) is 59.0 Å². The van der Waals surface area contributed by atoms with Gasteiger partial charge in [0.1, 0.15) is 0 Å². The molecule has 1 amide bonds. The quantitative estimate of drug-likeness (QED) is 0.549. The number of aromatic nitrogens is 2. The highest BCUT2D eigenvalue weighted by atomic mass is 16.5. The predicted molar refractivity (Wildman–Crippen MR) is 118 cm³/mol. The zero-order valence-corrected chi connectivity index (χ0v) is 18.0. The maximum atomic E-state index is 12.6. The number of hydrogen-bond acceptors (Lipinski definition) is 5. The summed E-state index contributed by atoms with van der Waals surface area (Å²) in [5, 5.41) is 8.29. The molecule has 0 radical (unpaired) electrons. The van der Waals surface area contributed by atoms with E-state index in [1.54, 1.807) is 7.11 Å². The number of likely N-dealkylation sites (tertiary alicyclic amines) is 1. The number of rotatable bonds is 8. The Morgan fingerprint density at radius 2 is 1.81 bits per heavy atom. The van der Waals surface area contributed by atoms with E-state index >= 15 is 0 Å². The molecule has 6 nitrogen and oxygen atoms in total. The lowest BCUT2D eigenvalue weighted by atomic mass is 9.98. The minimum absolute atomic E-state index is 0.150. The van der Waals surface area contributed by atoms with Crippen LogP contribution >= 0.6 is 0 Å². The van der Waals surface area contributed by atoms with E-state index in [1.165, 1.54) is 11.1 Å². The lowest BCUT2D eigenvalue weighted by Gasteiger charge is -2.32. The summed E-state index contributed by atoms with van der Waals surface area (Å²) < 4.78 is 11.0. The second-order valence-electron chi connectivity index (χ2n) is 8.13. The van der Waals surface area contributed by atoms with Gasteiger partial charge in [-0.1, -0.05) is 54.6 Å². The Labute approximate surface area is 183 Å². The van der Waals surface area contributed by atoms with Crippen molar-refractivity contribution in [3.63, 3.8) is 0 Å². The molecule has 1 aliphatic heterocycles. The van der Waals surface area contributed by atoms with Gasteiger partial charge in [-0.2, -0.15) is 0 Å². The van der Waals surface area contributed by atoms with E-state index in [2.05, 4.69) is 46.6 Å². The summed E-state index contributed by atoms with van der Waals surface area (Å²) in [5.41, 5.74) is 3.49. The highest BCUT2D eigenvalue weighted by Crippen LogP contribution is 2.21. The molecular formula is C25H29N3O3. The van der Waals surface area contributed by atoms with Crippen molar-refractivity contribution in [2.45, 2.75) is 32.1 Å². The Hall–Kier alpha value is -2.99. The van der Waals surface area contributed by atoms with Crippen molar-refractivity contribution >= 4 is 5.91 Å². The summed E-state index contributed by atoms with van der Waals surface area (Å²) >= 11 is 0. The highest BCUT2D eigenvalue weighted by Gasteiger charge is 2.23. The van der Waals surface area contributed by atoms with Crippen molar-refractivity contribution in [3.8, 4) is 11.1 Å². The smallest absolute Gasteiger partial charge is 0.223 e. The monoisotopic (exact) mass is 419 g/mol. The third-order valence-corrected chi connectivity index (χ3v) is 5.75. The van der Waals surface area contributed by atoms with E-state index in [9.17, 15) is 4.79 Å². The number of nitrogens with zero attached hydrogens (tertiary/aromatic N) is 3. The normalized spacial score (nSPS) is 16.4. The van der Waals surface area contributed by atoms with Crippen molar-refractivity contribution < 1.29 is 13.9 Å². The molecule has 2 heterocycles. The second kappa shape index (κ2) is 10.4. The third kappa shape index (κ3) is 5.79. The Morgan fingerprint density at radius 3 is 2.58 bits per heavy atom. The standard InChI is InChI=1S/C25H29N3O3/c1-30-18-20-6-5-15-28(17-20)25(29)14-13-23-26-27-24(31-23)16-19-9-11-22(12-10-19)21-7-3-2-4-8-21/h2-4,7-12,20H,5-6,13-18H2,1H3/t20-/m1/s1. The van der Waals surface area contributed by atoms with Crippen LogP contribution in [0.3, 0.4) is 0 Å². The molecule has 0 saturated carbocycles. The summed E-state index contributed by atoms with van der Waals surface area (Å²) in [6.07, 6.45) is 3.61. The van der Waals surface area contributed by atoms with E-state index in [4.69, 9.17) is 9.15 Å². The first-order valence-corrected chi connectivity index (χ1v) is 10.9. The molecule has 1 aromatic heterocycles. The van der Waals surface area contributed by atoms with Crippen LogP contribution in [0.2, 0.25) is 0 Å². The van der Waals surface area contributed by atoms with Crippen LogP contribution in [0.4, 0.5) is 0 Å². The van der Waals surface area contributed by atoms with Gasteiger partial charge in [-0.15, -0.1) is 10.2 Å². The molecule has 4 rings (SSSR count). The summed E-state index contributed by atoms with van der Waals surface area (Å²) in [7, 11) is 1.71. The number of benzene rings is 2. The van der Waals surface area contributed by atoms with Gasteiger partial charge < -0.3 is 14.1 Å². The SMILES string of the molecule is COC[C@@H]1CCCN(C(=O)CCc2nnc(Cc3ccc(-c4ccccc4)cc3)o2)C1. The van der Waals surface area contributed by atoms with E-state index < -0.39 is 0 Å². The molecule has 2 aromatic carbocycles. The number of carbonyl (C=O) groups excluding carboxylic acids is 1. The summed E-state index contributed by atoms with van der Waals surface area (Å²) in [6, 6.07) is 18.7. The first-order chi connectivity index (χ1) is 15.2. The largest absolute Gasteiger partial charge is 0.425 e. The van der Waals surface area contributed by atoms with Gasteiger partial charge in [-0.25, -0.2) is 0 Å². The molecule has 1 aliphatic rings. The van der Waals surface area contributed by atoms with Crippen molar-refractivity contribution in [1.29, 1.82) is 0 Å². The molecule has 31 heavy (non-hydrogen) atoms. The molecule has 0 unspecified atom stereocenters. The van der Waals surface area contributed by atoms with Gasteiger partial charge >= 0.3 is 0 Å². The molecule has 6 heteroatoms. The molecule has 1 saturated heterocycles. The number of amides is 1. The highest BCUT2D eigenvalue weighted by molar-refractivity contribution is 5.76. The minimum atomic E-state index is 0.150. The Balaban J connectivity index is 1.28. The number of piperidine rings is 1. The van der Waals surface area contributed by atoms with E-state index in [0.29, 0.717) is 43.6 Å². The van der Waals surface area contributed by atoms with E-state index in [0.717, 1.165) is 31.5 Å². The average Bonchev–Trinajstić information content (AvgIpc) is 3.26. The molecule has 162 valence electrons. The summed E-state index contributed by atoms with van der Waals surface area (Å²) in [6.45, 7) is 2.32. The van der Waals surface area contributed by atoms with E-state index in [-0.39, 0.29) is 5.91 Å². The number of hydrogen-bond donors (Lipinski definition) is 0. The van der Waals surface area contributed by atoms with Crippen molar-refractivity contribution in [3.05, 3.63) is 71.9 Å². The lowest BCUT2D eigenvalue weighted by molar-refractivity contribution is -0.133. The Bertz CT molecular complexity index is 967. The number of aryl methyl sites for hydroxylation is 1. The zero-order valence-electron chi connectivity index (χ0n) is 18.0. The van der Waals surface area contributed by atoms with Crippen molar-refractivity contribution in [2.75, 3.05) is 26.8 Å². The second-order valence-corrected chi connectivity index (χ2v) is 8.13. The molecule has 1 fully saturated rings. The van der Waals surface area contributed by atoms with Crippen LogP contribution in [-0.4, -0.2) is 47.8 Å². The predicted octanol–water partition coefficient (Wildman–Crippen LogP) is 4.15. The number of carbonyl (C=O) groups is 1. The van der Waals surface area contributed by atoms with Gasteiger partial charge in [-0.05, 0) is 35.4 Å². The van der Waals surface area contributed by atoms with Gasteiger partial charge in [0.25, 0.3) is 0 Å². The van der Waals surface area contributed by atoms with Gasteiger partial charge in [0.05, 0.1) is 13.0 Å². The van der Waals surface area contributed by atoms with E-state index in [1.807, 2.05) is 23.1 Å². The van der Waals surface area contributed by atoms with Crippen LogP contribution in [-0.2, 0) is 22.4 Å². The molecule has 0 N–H and O–H groups in total. The molecular weight excluding hydrogens is 390 g/mol. The summed E-state index contributed by atoms with van der Waals surface area (Å²) in [4.78, 5) is 14.5. The number of ether oxygens (including phenoxy) is 1. The number of methoxy groups -OCH3 is 1.